The standard InChI is InChI=1S/C26H39FN4O4/c1-4-28-26(34)31-15-5-6-22(29-25(33)24(32)16-30(2)3)23(31)17-35-21-13-9-19(10-14-21)18-7-11-20(27)12-8-18/h7-8,11-12,19,21-23H,4-6,9-10,13-17H2,1-3H3,(H,28,34)(H,29,33). The number of urea groups is 1. The van der Waals surface area contributed by atoms with Crippen LogP contribution in [0.25, 0.3) is 0 Å². The van der Waals surface area contributed by atoms with E-state index in [2.05, 4.69) is 10.6 Å². The molecule has 2 unspecified atom stereocenters. The molecule has 8 nitrogen and oxygen atoms in total. The van der Waals surface area contributed by atoms with Crippen molar-refractivity contribution < 1.29 is 23.5 Å². The lowest BCUT2D eigenvalue weighted by Gasteiger charge is -2.42. The number of likely N-dealkylation sites (tertiary alicyclic amines) is 1. The Morgan fingerprint density at radius 3 is 2.40 bits per heavy atom. The maximum Gasteiger partial charge on any atom is 0.317 e. The van der Waals surface area contributed by atoms with Crippen molar-refractivity contribution in [2.45, 2.75) is 69.6 Å². The van der Waals surface area contributed by atoms with Gasteiger partial charge >= 0.3 is 6.03 Å². The van der Waals surface area contributed by atoms with Crippen LogP contribution < -0.4 is 10.6 Å². The molecule has 2 fully saturated rings. The van der Waals surface area contributed by atoms with E-state index in [1.54, 1.807) is 23.9 Å². The third-order valence-electron chi connectivity index (χ3n) is 6.92. The molecule has 2 aliphatic rings. The van der Waals surface area contributed by atoms with Crippen LogP contribution in [0, 0.1) is 5.82 Å². The van der Waals surface area contributed by atoms with E-state index >= 15 is 0 Å². The first kappa shape index (κ1) is 27.1. The van der Waals surface area contributed by atoms with Crippen LogP contribution in [0.2, 0.25) is 0 Å². The molecule has 1 aromatic rings. The molecular weight excluding hydrogens is 451 g/mol. The highest BCUT2D eigenvalue weighted by Gasteiger charge is 2.37. The Kier molecular flexibility index (Phi) is 10.0. The minimum absolute atomic E-state index is 0.0387. The summed E-state index contributed by atoms with van der Waals surface area (Å²) in [6, 6.07) is 5.86. The smallest absolute Gasteiger partial charge is 0.317 e. The molecule has 1 aliphatic carbocycles. The monoisotopic (exact) mass is 490 g/mol. The molecule has 1 heterocycles. The first-order chi connectivity index (χ1) is 16.8. The SMILES string of the molecule is CCNC(=O)N1CCCC(NC(=O)C(=O)CN(C)C)C1COC1CCC(c2ccc(F)cc2)CC1. The van der Waals surface area contributed by atoms with E-state index in [9.17, 15) is 18.8 Å². The minimum atomic E-state index is -0.619. The van der Waals surface area contributed by atoms with Crippen LogP contribution in [0.15, 0.2) is 24.3 Å². The molecule has 1 aliphatic heterocycles. The van der Waals surface area contributed by atoms with Gasteiger partial charge < -0.3 is 25.2 Å². The first-order valence-electron chi connectivity index (χ1n) is 12.7. The number of carbonyl (C=O) groups excluding carboxylic acids is 3. The summed E-state index contributed by atoms with van der Waals surface area (Å²) in [4.78, 5) is 40.9. The molecule has 0 radical (unpaired) electrons. The second-order valence-corrected chi connectivity index (χ2v) is 9.84. The topological polar surface area (TPSA) is 91.0 Å². The van der Waals surface area contributed by atoms with Gasteiger partial charge in [0.2, 0.25) is 5.78 Å². The predicted octanol–water partition coefficient (Wildman–Crippen LogP) is 2.68. The van der Waals surface area contributed by atoms with Crippen LogP contribution in [0.5, 0.6) is 0 Å². The summed E-state index contributed by atoms with van der Waals surface area (Å²) in [5, 5.41) is 5.73. The maximum atomic E-state index is 13.2. The lowest BCUT2D eigenvalue weighted by molar-refractivity contribution is -0.139. The number of hydrogen-bond acceptors (Lipinski definition) is 5. The van der Waals surface area contributed by atoms with E-state index < -0.39 is 11.7 Å². The van der Waals surface area contributed by atoms with Gasteiger partial charge in [-0.3, -0.25) is 9.59 Å². The summed E-state index contributed by atoms with van der Waals surface area (Å²) in [7, 11) is 3.48. The quantitative estimate of drug-likeness (QED) is 0.520. The fourth-order valence-corrected chi connectivity index (χ4v) is 5.08. The van der Waals surface area contributed by atoms with Crippen molar-refractivity contribution in [2.24, 2.45) is 0 Å². The Bertz CT molecular complexity index is 855. The Labute approximate surface area is 207 Å². The van der Waals surface area contributed by atoms with Crippen LogP contribution in [0.3, 0.4) is 0 Å². The molecule has 35 heavy (non-hydrogen) atoms. The number of halogens is 1. The van der Waals surface area contributed by atoms with E-state index in [0.29, 0.717) is 32.0 Å². The van der Waals surface area contributed by atoms with Crippen molar-refractivity contribution in [3.05, 3.63) is 35.6 Å². The molecule has 2 N–H and O–H groups in total. The fourth-order valence-electron chi connectivity index (χ4n) is 5.08. The summed E-state index contributed by atoms with van der Waals surface area (Å²) >= 11 is 0. The molecule has 0 aromatic heterocycles. The van der Waals surface area contributed by atoms with Crippen LogP contribution in [0.4, 0.5) is 9.18 Å². The van der Waals surface area contributed by atoms with E-state index in [4.69, 9.17) is 4.74 Å². The number of ether oxygens (including phenoxy) is 1. The van der Waals surface area contributed by atoms with E-state index in [-0.39, 0.29) is 36.6 Å². The number of Topliss-reactive ketones (excluding diaryl/α,β-unsaturated/α-hetero) is 1. The van der Waals surface area contributed by atoms with E-state index in [0.717, 1.165) is 37.7 Å². The van der Waals surface area contributed by atoms with Gasteiger partial charge in [-0.1, -0.05) is 12.1 Å². The van der Waals surface area contributed by atoms with Gasteiger partial charge in [0.1, 0.15) is 5.82 Å². The molecule has 1 aromatic carbocycles. The maximum absolute atomic E-state index is 13.2. The minimum Gasteiger partial charge on any atom is -0.376 e. The second-order valence-electron chi connectivity index (χ2n) is 9.84. The van der Waals surface area contributed by atoms with Gasteiger partial charge in [-0.05, 0) is 83.2 Å². The highest BCUT2D eigenvalue weighted by molar-refractivity contribution is 6.37. The zero-order chi connectivity index (χ0) is 25.4. The number of rotatable bonds is 9. The highest BCUT2D eigenvalue weighted by Crippen LogP contribution is 2.34. The molecule has 0 spiro atoms. The van der Waals surface area contributed by atoms with Crippen molar-refractivity contribution in [3.63, 3.8) is 0 Å². The third kappa shape index (κ3) is 7.73. The number of amides is 3. The van der Waals surface area contributed by atoms with Gasteiger partial charge in [-0.25, -0.2) is 9.18 Å². The molecule has 9 heteroatoms. The fraction of sp³-hybridized carbons (Fsp3) is 0.654. The summed E-state index contributed by atoms with van der Waals surface area (Å²) in [6.45, 7) is 3.29. The van der Waals surface area contributed by atoms with Gasteiger partial charge in [-0.15, -0.1) is 0 Å². The first-order valence-corrected chi connectivity index (χ1v) is 12.7. The number of hydrogen-bond donors (Lipinski definition) is 2. The number of benzene rings is 1. The summed E-state index contributed by atoms with van der Waals surface area (Å²) in [6.07, 6.45) is 5.17. The zero-order valence-electron chi connectivity index (χ0n) is 21.1. The van der Waals surface area contributed by atoms with Gasteiger partial charge in [-0.2, -0.15) is 0 Å². The molecule has 2 atom stereocenters. The zero-order valence-corrected chi connectivity index (χ0v) is 21.1. The normalized spacial score (nSPS) is 24.8. The van der Waals surface area contributed by atoms with Crippen molar-refractivity contribution in [1.29, 1.82) is 0 Å². The van der Waals surface area contributed by atoms with Crippen molar-refractivity contribution in [2.75, 3.05) is 40.3 Å². The average molecular weight is 491 g/mol. The third-order valence-corrected chi connectivity index (χ3v) is 6.92. The van der Waals surface area contributed by atoms with Gasteiger partial charge in [0.05, 0.1) is 31.3 Å². The number of piperidine rings is 1. The van der Waals surface area contributed by atoms with Crippen LogP contribution in [-0.2, 0) is 14.3 Å². The number of likely N-dealkylation sites (N-methyl/N-ethyl adjacent to an activating group) is 1. The molecule has 3 amide bonds. The molecule has 1 saturated heterocycles. The van der Waals surface area contributed by atoms with Gasteiger partial charge in [0, 0.05) is 13.1 Å². The molecule has 3 rings (SSSR count). The predicted molar refractivity (Wildman–Crippen MR) is 132 cm³/mol. The average Bonchev–Trinajstić information content (AvgIpc) is 2.83. The summed E-state index contributed by atoms with van der Waals surface area (Å²) in [5.41, 5.74) is 1.16. The molecular formula is C26H39FN4O4. The number of carbonyl (C=O) groups is 3. The van der Waals surface area contributed by atoms with Crippen molar-refractivity contribution in [1.82, 2.24) is 20.4 Å². The molecule has 194 valence electrons. The number of ketones is 1. The van der Waals surface area contributed by atoms with Gasteiger partial charge in [0.25, 0.3) is 5.91 Å². The van der Waals surface area contributed by atoms with Crippen LogP contribution in [0.1, 0.15) is 56.9 Å². The van der Waals surface area contributed by atoms with E-state index in [1.807, 2.05) is 19.1 Å². The summed E-state index contributed by atoms with van der Waals surface area (Å²) < 4.78 is 19.5. The van der Waals surface area contributed by atoms with E-state index in [1.165, 1.54) is 12.1 Å². The highest BCUT2D eigenvalue weighted by atomic mass is 19.1. The lowest BCUT2D eigenvalue weighted by Crippen LogP contribution is -2.61. The second kappa shape index (κ2) is 13.0. The Balaban J connectivity index is 1.60. The number of nitrogens with zero attached hydrogens (tertiary/aromatic N) is 2. The largest absolute Gasteiger partial charge is 0.376 e. The van der Waals surface area contributed by atoms with Gasteiger partial charge in [0.15, 0.2) is 0 Å². The van der Waals surface area contributed by atoms with Crippen molar-refractivity contribution in [3.8, 4) is 0 Å². The van der Waals surface area contributed by atoms with Crippen molar-refractivity contribution >= 4 is 17.7 Å². The lowest BCUT2D eigenvalue weighted by atomic mass is 9.82. The Morgan fingerprint density at radius 1 is 1.09 bits per heavy atom. The molecule has 1 saturated carbocycles. The van der Waals surface area contributed by atoms with Crippen LogP contribution >= 0.6 is 0 Å². The summed E-state index contributed by atoms with van der Waals surface area (Å²) in [5.74, 6) is -0.943. The Morgan fingerprint density at radius 2 is 1.77 bits per heavy atom. The van der Waals surface area contributed by atoms with Crippen LogP contribution in [-0.4, -0.2) is 86.0 Å². The Hall–Kier alpha value is -2.52. The number of nitrogens with one attached hydrogen (secondary N) is 2. The molecule has 0 bridgehead atoms.